The van der Waals surface area contributed by atoms with Crippen molar-refractivity contribution in [3.05, 3.63) is 24.3 Å². The van der Waals surface area contributed by atoms with Gasteiger partial charge in [-0.05, 0) is 51.4 Å². The molecule has 2 unspecified atom stereocenters. The minimum Gasteiger partial charge on any atom is -0.466 e. The molecule has 0 spiro atoms. The van der Waals surface area contributed by atoms with Gasteiger partial charge in [0, 0.05) is 12.8 Å². The predicted octanol–water partition coefficient (Wildman–Crippen LogP) is 11.2. The van der Waals surface area contributed by atoms with Gasteiger partial charge in [0.2, 0.25) is 5.91 Å². The number of amides is 1. The van der Waals surface area contributed by atoms with E-state index < -0.39 is 12.1 Å². The second-order valence-corrected chi connectivity index (χ2v) is 14.0. The molecule has 0 aromatic rings. The number of rotatable bonds is 37. The first-order chi connectivity index (χ1) is 23.5. The van der Waals surface area contributed by atoms with Crippen LogP contribution in [0.15, 0.2) is 24.3 Å². The van der Waals surface area contributed by atoms with Crippen LogP contribution in [0.4, 0.5) is 0 Å². The SMILES string of the molecule is CCCC/C=C\CCCCCCCC(=O)OCCCCCCCCCCCCC(=O)NC(CO)C(O)/C=C/CCCCCCCCCC. The Hall–Kier alpha value is -1.66. The van der Waals surface area contributed by atoms with Crippen LogP contribution in [-0.2, 0) is 14.3 Å². The van der Waals surface area contributed by atoms with Crippen molar-refractivity contribution in [2.45, 2.75) is 219 Å². The van der Waals surface area contributed by atoms with E-state index in [-0.39, 0.29) is 18.5 Å². The molecular formula is C42H79NO5. The Kier molecular flexibility index (Phi) is 36.8. The number of nitrogens with one attached hydrogen (secondary N) is 1. The van der Waals surface area contributed by atoms with E-state index in [9.17, 15) is 19.8 Å². The maximum absolute atomic E-state index is 12.3. The Balaban J connectivity index is 3.54. The highest BCUT2D eigenvalue weighted by Crippen LogP contribution is 2.13. The molecule has 0 heterocycles. The maximum Gasteiger partial charge on any atom is 0.305 e. The third kappa shape index (κ3) is 34.2. The maximum atomic E-state index is 12.3. The molecule has 0 aliphatic heterocycles. The molecule has 0 aliphatic carbocycles. The molecular weight excluding hydrogens is 598 g/mol. The van der Waals surface area contributed by atoms with E-state index in [1.807, 2.05) is 6.08 Å². The zero-order valence-corrected chi connectivity index (χ0v) is 31.7. The highest BCUT2D eigenvalue weighted by atomic mass is 16.5. The third-order valence-electron chi connectivity index (χ3n) is 9.22. The van der Waals surface area contributed by atoms with Crippen molar-refractivity contribution in [1.29, 1.82) is 0 Å². The zero-order valence-electron chi connectivity index (χ0n) is 31.7. The van der Waals surface area contributed by atoms with Gasteiger partial charge in [-0.2, -0.15) is 0 Å². The lowest BCUT2D eigenvalue weighted by Crippen LogP contribution is -2.45. The van der Waals surface area contributed by atoms with Gasteiger partial charge >= 0.3 is 5.97 Å². The lowest BCUT2D eigenvalue weighted by molar-refractivity contribution is -0.143. The molecule has 1 amide bonds. The monoisotopic (exact) mass is 678 g/mol. The highest BCUT2D eigenvalue weighted by molar-refractivity contribution is 5.76. The normalized spacial score (nSPS) is 13.0. The van der Waals surface area contributed by atoms with Crippen molar-refractivity contribution in [3.8, 4) is 0 Å². The van der Waals surface area contributed by atoms with E-state index in [0.29, 0.717) is 19.4 Å². The molecule has 0 bridgehead atoms. The summed E-state index contributed by atoms with van der Waals surface area (Å²) in [6, 6.07) is -0.642. The standard InChI is InChI=1S/C42H79NO5/c1-3-5-7-9-11-13-15-20-24-28-32-36-42(47)48-37-33-29-25-21-17-16-19-23-27-31-35-41(46)43-39(38-44)40(45)34-30-26-22-18-14-12-10-8-6-4-2/h9,11,30,34,39-40,44-45H,3-8,10,12-29,31-33,35-38H2,1-2H3,(H,43,46)/b11-9-,34-30+. The minimum atomic E-state index is -0.856. The summed E-state index contributed by atoms with van der Waals surface area (Å²) < 4.78 is 5.41. The summed E-state index contributed by atoms with van der Waals surface area (Å²) in [5.74, 6) is -0.128. The van der Waals surface area contributed by atoms with Gasteiger partial charge in [-0.25, -0.2) is 0 Å². The van der Waals surface area contributed by atoms with Crippen molar-refractivity contribution in [3.63, 3.8) is 0 Å². The quantitative estimate of drug-likeness (QED) is 0.0345. The summed E-state index contributed by atoms with van der Waals surface area (Å²) in [5.41, 5.74) is 0. The first-order valence-electron chi connectivity index (χ1n) is 20.6. The Morgan fingerprint density at radius 1 is 0.562 bits per heavy atom. The summed E-state index contributed by atoms with van der Waals surface area (Å²) in [6.07, 6.45) is 41.5. The molecule has 2 atom stereocenters. The second-order valence-electron chi connectivity index (χ2n) is 14.0. The number of esters is 1. The van der Waals surface area contributed by atoms with E-state index in [1.165, 1.54) is 122 Å². The minimum absolute atomic E-state index is 0.0334. The van der Waals surface area contributed by atoms with Crippen molar-refractivity contribution in [2.24, 2.45) is 0 Å². The molecule has 0 saturated carbocycles. The lowest BCUT2D eigenvalue weighted by atomic mass is 10.1. The molecule has 0 fully saturated rings. The first kappa shape index (κ1) is 46.3. The predicted molar refractivity (Wildman–Crippen MR) is 204 cm³/mol. The average Bonchev–Trinajstić information content (AvgIpc) is 3.08. The summed E-state index contributed by atoms with van der Waals surface area (Å²) in [5, 5.41) is 22.8. The molecule has 282 valence electrons. The van der Waals surface area contributed by atoms with E-state index in [2.05, 4.69) is 31.3 Å². The molecule has 48 heavy (non-hydrogen) atoms. The number of hydrogen-bond acceptors (Lipinski definition) is 5. The number of aliphatic hydroxyl groups is 2. The van der Waals surface area contributed by atoms with Crippen LogP contribution in [0.5, 0.6) is 0 Å². The molecule has 0 saturated heterocycles. The third-order valence-corrected chi connectivity index (χ3v) is 9.22. The highest BCUT2D eigenvalue weighted by Gasteiger charge is 2.18. The molecule has 0 aromatic carbocycles. The Morgan fingerprint density at radius 2 is 1.00 bits per heavy atom. The molecule has 3 N–H and O–H groups in total. The largest absolute Gasteiger partial charge is 0.466 e. The summed E-state index contributed by atoms with van der Waals surface area (Å²) >= 11 is 0. The van der Waals surface area contributed by atoms with E-state index >= 15 is 0 Å². The zero-order chi connectivity index (χ0) is 35.2. The van der Waals surface area contributed by atoms with Gasteiger partial charge in [-0.1, -0.05) is 167 Å². The number of ether oxygens (including phenoxy) is 1. The van der Waals surface area contributed by atoms with Crippen LogP contribution in [-0.4, -0.2) is 47.4 Å². The number of hydrogen-bond donors (Lipinski definition) is 3. The van der Waals surface area contributed by atoms with E-state index in [0.717, 1.165) is 57.8 Å². The van der Waals surface area contributed by atoms with Gasteiger partial charge in [0.15, 0.2) is 0 Å². The molecule has 0 radical (unpaired) electrons. The van der Waals surface area contributed by atoms with E-state index in [4.69, 9.17) is 4.74 Å². The number of carbonyl (C=O) groups is 2. The van der Waals surface area contributed by atoms with Crippen LogP contribution in [0.25, 0.3) is 0 Å². The number of aliphatic hydroxyl groups excluding tert-OH is 2. The summed E-state index contributed by atoms with van der Waals surface area (Å²) in [4.78, 5) is 24.2. The van der Waals surface area contributed by atoms with Gasteiger partial charge in [-0.3, -0.25) is 9.59 Å². The van der Waals surface area contributed by atoms with E-state index in [1.54, 1.807) is 6.08 Å². The number of carbonyl (C=O) groups excluding carboxylic acids is 2. The fourth-order valence-corrected chi connectivity index (χ4v) is 5.96. The van der Waals surface area contributed by atoms with Crippen LogP contribution in [0, 0.1) is 0 Å². The molecule has 6 nitrogen and oxygen atoms in total. The molecule has 6 heteroatoms. The van der Waals surface area contributed by atoms with Gasteiger partial charge in [0.05, 0.1) is 25.4 Å². The van der Waals surface area contributed by atoms with Crippen molar-refractivity contribution < 1.29 is 24.5 Å². The van der Waals surface area contributed by atoms with Crippen LogP contribution < -0.4 is 5.32 Å². The topological polar surface area (TPSA) is 95.9 Å². The number of allylic oxidation sites excluding steroid dienone is 3. The fourth-order valence-electron chi connectivity index (χ4n) is 5.96. The Labute approximate surface area is 297 Å². The van der Waals surface area contributed by atoms with Crippen LogP contribution >= 0.6 is 0 Å². The Morgan fingerprint density at radius 3 is 1.54 bits per heavy atom. The van der Waals surface area contributed by atoms with Crippen molar-refractivity contribution >= 4 is 11.9 Å². The van der Waals surface area contributed by atoms with Gasteiger partial charge < -0.3 is 20.3 Å². The van der Waals surface area contributed by atoms with Gasteiger partial charge in [0.25, 0.3) is 0 Å². The summed E-state index contributed by atoms with van der Waals surface area (Å²) in [6.45, 7) is 4.76. The van der Waals surface area contributed by atoms with Gasteiger partial charge in [-0.15, -0.1) is 0 Å². The summed E-state index contributed by atoms with van der Waals surface area (Å²) in [7, 11) is 0. The van der Waals surface area contributed by atoms with Crippen LogP contribution in [0.2, 0.25) is 0 Å². The van der Waals surface area contributed by atoms with Crippen LogP contribution in [0.3, 0.4) is 0 Å². The fraction of sp³-hybridized carbons (Fsp3) is 0.857. The number of unbranched alkanes of at least 4 members (excludes halogenated alkanes) is 24. The van der Waals surface area contributed by atoms with Crippen LogP contribution in [0.1, 0.15) is 206 Å². The molecule has 0 aromatic heterocycles. The first-order valence-corrected chi connectivity index (χ1v) is 20.6. The average molecular weight is 678 g/mol. The second kappa shape index (κ2) is 38.1. The molecule has 0 rings (SSSR count). The smallest absolute Gasteiger partial charge is 0.305 e. The molecule has 0 aliphatic rings. The van der Waals surface area contributed by atoms with Crippen molar-refractivity contribution in [2.75, 3.05) is 13.2 Å². The Bertz CT molecular complexity index is 752. The van der Waals surface area contributed by atoms with Gasteiger partial charge in [0.1, 0.15) is 0 Å². The lowest BCUT2D eigenvalue weighted by Gasteiger charge is -2.20. The van der Waals surface area contributed by atoms with Crippen molar-refractivity contribution in [1.82, 2.24) is 5.32 Å².